The number of hydrogen-bond donors (Lipinski definition) is 1. The lowest BCUT2D eigenvalue weighted by Crippen LogP contribution is -2.11. The van der Waals surface area contributed by atoms with Crippen LogP contribution in [0.15, 0.2) is 78.9 Å². The summed E-state index contributed by atoms with van der Waals surface area (Å²) in [6.07, 6.45) is 0. The standard InChI is InChI=1S/C23H16N2O3S/c26-22(15-7-6-10-17(13-15)28-16-8-2-1-3-9-16)25-23-24-21-18-11-4-5-12-19(18)27-14-20(21)29-23/h1-13H,14H2,(H,24,25,26). The van der Waals surface area contributed by atoms with Crippen molar-refractivity contribution in [1.82, 2.24) is 4.98 Å². The zero-order valence-electron chi connectivity index (χ0n) is 15.3. The van der Waals surface area contributed by atoms with Gasteiger partial charge in [-0.15, -0.1) is 0 Å². The van der Waals surface area contributed by atoms with Crippen LogP contribution in [0.1, 0.15) is 15.2 Å². The number of thiazole rings is 1. The monoisotopic (exact) mass is 400 g/mol. The van der Waals surface area contributed by atoms with Crippen molar-refractivity contribution in [1.29, 1.82) is 0 Å². The lowest BCUT2D eigenvalue weighted by atomic mass is 10.1. The van der Waals surface area contributed by atoms with Crippen molar-refractivity contribution in [3.8, 4) is 28.5 Å². The topological polar surface area (TPSA) is 60.5 Å². The second kappa shape index (κ2) is 7.41. The van der Waals surface area contributed by atoms with E-state index in [2.05, 4.69) is 10.3 Å². The van der Waals surface area contributed by atoms with Crippen LogP contribution in [-0.2, 0) is 6.61 Å². The number of carbonyl (C=O) groups excluding carboxylic acids is 1. The van der Waals surface area contributed by atoms with Gasteiger partial charge in [-0.2, -0.15) is 0 Å². The zero-order chi connectivity index (χ0) is 19.6. The normalized spacial score (nSPS) is 11.7. The van der Waals surface area contributed by atoms with Crippen molar-refractivity contribution in [3.05, 3.63) is 89.3 Å². The second-order valence-corrected chi connectivity index (χ2v) is 7.56. The molecule has 1 aliphatic heterocycles. The van der Waals surface area contributed by atoms with Gasteiger partial charge >= 0.3 is 0 Å². The van der Waals surface area contributed by atoms with Gasteiger partial charge in [0.25, 0.3) is 5.91 Å². The van der Waals surface area contributed by atoms with E-state index in [9.17, 15) is 4.79 Å². The predicted octanol–water partition coefficient (Wildman–Crippen LogP) is 5.75. The van der Waals surface area contributed by atoms with Crippen LogP contribution in [0.2, 0.25) is 0 Å². The van der Waals surface area contributed by atoms with Gasteiger partial charge in [0, 0.05) is 11.1 Å². The van der Waals surface area contributed by atoms with Gasteiger partial charge in [-0.3, -0.25) is 10.1 Å². The molecule has 0 bridgehead atoms. The number of amides is 1. The highest BCUT2D eigenvalue weighted by Gasteiger charge is 2.22. The number of hydrogen-bond acceptors (Lipinski definition) is 5. The van der Waals surface area contributed by atoms with Crippen LogP contribution in [0, 0.1) is 0 Å². The highest BCUT2D eigenvalue weighted by atomic mass is 32.1. The van der Waals surface area contributed by atoms with Crippen molar-refractivity contribution >= 4 is 22.4 Å². The summed E-state index contributed by atoms with van der Waals surface area (Å²) < 4.78 is 11.6. The van der Waals surface area contributed by atoms with Crippen LogP contribution in [0.25, 0.3) is 11.3 Å². The average molecular weight is 400 g/mol. The van der Waals surface area contributed by atoms with E-state index < -0.39 is 0 Å². The van der Waals surface area contributed by atoms with E-state index in [4.69, 9.17) is 9.47 Å². The fraction of sp³-hybridized carbons (Fsp3) is 0.0435. The van der Waals surface area contributed by atoms with Crippen molar-refractivity contribution in [2.24, 2.45) is 0 Å². The van der Waals surface area contributed by atoms with Gasteiger partial charge in [-0.05, 0) is 42.5 Å². The summed E-state index contributed by atoms with van der Waals surface area (Å²) in [5.41, 5.74) is 2.32. The zero-order valence-corrected chi connectivity index (χ0v) is 16.1. The molecule has 2 heterocycles. The van der Waals surface area contributed by atoms with Crippen molar-refractivity contribution < 1.29 is 14.3 Å². The first-order chi connectivity index (χ1) is 14.3. The van der Waals surface area contributed by atoms with Crippen LogP contribution in [0.4, 0.5) is 5.13 Å². The molecular formula is C23H16N2O3S. The SMILES string of the molecule is O=C(Nc1nc2c(s1)COc1ccccc1-2)c1cccc(Oc2ccccc2)c1. The van der Waals surface area contributed by atoms with Crippen LogP contribution < -0.4 is 14.8 Å². The fourth-order valence-electron chi connectivity index (χ4n) is 3.14. The largest absolute Gasteiger partial charge is 0.487 e. The van der Waals surface area contributed by atoms with Gasteiger partial charge in [-0.1, -0.05) is 47.7 Å². The minimum atomic E-state index is -0.233. The van der Waals surface area contributed by atoms with Crippen LogP contribution >= 0.6 is 11.3 Å². The summed E-state index contributed by atoms with van der Waals surface area (Å²) in [5.74, 6) is 1.90. The third kappa shape index (κ3) is 3.58. The average Bonchev–Trinajstić information content (AvgIpc) is 3.18. The first-order valence-electron chi connectivity index (χ1n) is 9.12. The minimum Gasteiger partial charge on any atom is -0.487 e. The van der Waals surface area contributed by atoms with Crippen LogP contribution in [0.3, 0.4) is 0 Å². The Labute approximate surface area is 171 Å². The lowest BCUT2D eigenvalue weighted by molar-refractivity contribution is 0.102. The quantitative estimate of drug-likeness (QED) is 0.474. The molecule has 0 fully saturated rings. The number of anilines is 1. The van der Waals surface area contributed by atoms with E-state index in [-0.39, 0.29) is 5.91 Å². The molecule has 5 nitrogen and oxygen atoms in total. The molecule has 1 aliphatic rings. The fourth-order valence-corrected chi connectivity index (χ4v) is 4.02. The van der Waals surface area contributed by atoms with Crippen molar-refractivity contribution in [3.63, 3.8) is 0 Å². The summed E-state index contributed by atoms with van der Waals surface area (Å²) in [4.78, 5) is 18.4. The van der Waals surface area contributed by atoms with Gasteiger partial charge in [0.15, 0.2) is 5.13 Å². The van der Waals surface area contributed by atoms with E-state index in [1.165, 1.54) is 11.3 Å². The molecule has 5 rings (SSSR count). The molecular weight excluding hydrogens is 384 g/mol. The Morgan fingerprint density at radius 1 is 0.966 bits per heavy atom. The molecule has 4 aromatic rings. The van der Waals surface area contributed by atoms with Gasteiger partial charge in [0.2, 0.25) is 0 Å². The number of aromatic nitrogens is 1. The van der Waals surface area contributed by atoms with Gasteiger partial charge < -0.3 is 9.47 Å². The minimum absolute atomic E-state index is 0.233. The van der Waals surface area contributed by atoms with E-state index >= 15 is 0 Å². The van der Waals surface area contributed by atoms with E-state index in [0.29, 0.717) is 23.1 Å². The molecule has 0 unspecified atom stereocenters. The third-order valence-corrected chi connectivity index (χ3v) is 5.44. The molecule has 3 aromatic carbocycles. The summed E-state index contributed by atoms with van der Waals surface area (Å²) in [6, 6.07) is 24.3. The number of nitrogens with one attached hydrogen (secondary N) is 1. The number of fused-ring (bicyclic) bond motifs is 3. The molecule has 1 N–H and O–H groups in total. The Morgan fingerprint density at radius 3 is 2.66 bits per heavy atom. The molecule has 0 saturated heterocycles. The number of rotatable bonds is 4. The maximum atomic E-state index is 12.7. The van der Waals surface area contributed by atoms with E-state index in [1.807, 2.05) is 60.7 Å². The molecule has 142 valence electrons. The first-order valence-corrected chi connectivity index (χ1v) is 9.94. The first kappa shape index (κ1) is 17.5. The molecule has 6 heteroatoms. The molecule has 0 spiro atoms. The Morgan fingerprint density at radius 2 is 1.76 bits per heavy atom. The molecule has 0 saturated carbocycles. The summed E-state index contributed by atoms with van der Waals surface area (Å²) in [7, 11) is 0. The van der Waals surface area contributed by atoms with Crippen molar-refractivity contribution in [2.45, 2.75) is 6.61 Å². The molecule has 29 heavy (non-hydrogen) atoms. The molecule has 0 aliphatic carbocycles. The Kier molecular flexibility index (Phi) is 4.46. The molecule has 1 aromatic heterocycles. The molecule has 0 atom stereocenters. The molecule has 0 radical (unpaired) electrons. The lowest BCUT2D eigenvalue weighted by Gasteiger charge is -2.15. The number of ether oxygens (including phenoxy) is 2. The van der Waals surface area contributed by atoms with Crippen LogP contribution in [0.5, 0.6) is 17.2 Å². The van der Waals surface area contributed by atoms with Crippen LogP contribution in [-0.4, -0.2) is 10.9 Å². The number of carbonyl (C=O) groups is 1. The summed E-state index contributed by atoms with van der Waals surface area (Å²) >= 11 is 1.43. The van der Waals surface area contributed by atoms with E-state index in [1.54, 1.807) is 18.2 Å². The Hall–Kier alpha value is -3.64. The van der Waals surface area contributed by atoms with Gasteiger partial charge in [-0.25, -0.2) is 4.98 Å². The third-order valence-electron chi connectivity index (χ3n) is 4.49. The highest BCUT2D eigenvalue weighted by molar-refractivity contribution is 7.16. The highest BCUT2D eigenvalue weighted by Crippen LogP contribution is 2.40. The van der Waals surface area contributed by atoms with Crippen molar-refractivity contribution in [2.75, 3.05) is 5.32 Å². The number of benzene rings is 3. The summed E-state index contributed by atoms with van der Waals surface area (Å²) in [6.45, 7) is 0.459. The number of nitrogens with zero attached hydrogens (tertiary/aromatic N) is 1. The predicted molar refractivity (Wildman–Crippen MR) is 113 cm³/mol. The number of para-hydroxylation sites is 2. The smallest absolute Gasteiger partial charge is 0.257 e. The second-order valence-electron chi connectivity index (χ2n) is 6.47. The Balaban J connectivity index is 1.35. The Bertz CT molecular complexity index is 1190. The summed E-state index contributed by atoms with van der Waals surface area (Å²) in [5, 5.41) is 3.45. The van der Waals surface area contributed by atoms with Gasteiger partial charge in [0.1, 0.15) is 23.9 Å². The van der Waals surface area contributed by atoms with E-state index in [0.717, 1.165) is 27.6 Å². The maximum Gasteiger partial charge on any atom is 0.257 e. The maximum absolute atomic E-state index is 12.7. The van der Waals surface area contributed by atoms with Gasteiger partial charge in [0.05, 0.1) is 10.6 Å². The molecule has 1 amide bonds.